The fourth-order valence-corrected chi connectivity index (χ4v) is 2.90. The molecule has 4 nitrogen and oxygen atoms in total. The number of nitrogens with one attached hydrogen (secondary N) is 1. The third kappa shape index (κ3) is 4.99. The molecular weight excluding hydrogens is 288 g/mol. The van der Waals surface area contributed by atoms with E-state index in [1.54, 1.807) is 0 Å². The van der Waals surface area contributed by atoms with Crippen LogP contribution in [-0.2, 0) is 9.53 Å². The van der Waals surface area contributed by atoms with Gasteiger partial charge in [0.2, 0.25) is 0 Å². The summed E-state index contributed by atoms with van der Waals surface area (Å²) in [6.45, 7) is 0.224. The maximum Gasteiger partial charge on any atom is 0.250 e. The normalized spacial score (nSPS) is 23.0. The molecule has 3 N–H and O–H groups in total. The fraction of sp³-hybridized carbons (Fsp3) is 0.562. The molecule has 0 radical (unpaired) electrons. The number of halogens is 1. The molecule has 1 aromatic rings. The number of hydrogen-bond donors (Lipinski definition) is 2. The van der Waals surface area contributed by atoms with Crippen LogP contribution in [0.5, 0.6) is 0 Å². The highest BCUT2D eigenvalue weighted by atomic mass is 35.5. The van der Waals surface area contributed by atoms with Crippen molar-refractivity contribution in [1.82, 2.24) is 5.32 Å². The lowest BCUT2D eigenvalue weighted by molar-refractivity contribution is -0.131. The van der Waals surface area contributed by atoms with Crippen LogP contribution >= 0.6 is 12.4 Å². The van der Waals surface area contributed by atoms with Gasteiger partial charge in [0.25, 0.3) is 5.91 Å². The van der Waals surface area contributed by atoms with E-state index in [1.807, 2.05) is 6.07 Å². The Morgan fingerprint density at radius 2 is 1.90 bits per heavy atom. The highest BCUT2D eigenvalue weighted by molar-refractivity contribution is 5.85. The Morgan fingerprint density at radius 1 is 1.29 bits per heavy atom. The van der Waals surface area contributed by atoms with Crippen LogP contribution < -0.4 is 11.1 Å². The second-order valence-electron chi connectivity index (χ2n) is 5.43. The number of carbonyl (C=O) groups is 1. The van der Waals surface area contributed by atoms with Crippen molar-refractivity contribution in [3.8, 4) is 0 Å². The molecule has 1 unspecified atom stereocenters. The van der Waals surface area contributed by atoms with E-state index >= 15 is 0 Å². The first kappa shape index (κ1) is 18.0. The van der Waals surface area contributed by atoms with E-state index in [0.29, 0.717) is 5.92 Å². The van der Waals surface area contributed by atoms with Crippen molar-refractivity contribution < 1.29 is 9.53 Å². The number of nitrogens with two attached hydrogens (primary N) is 1. The molecule has 118 valence electrons. The maximum atomic E-state index is 11.9. The summed E-state index contributed by atoms with van der Waals surface area (Å²) in [6, 6.07) is 10.9. The van der Waals surface area contributed by atoms with Crippen molar-refractivity contribution in [2.24, 2.45) is 5.73 Å². The molecule has 1 atom stereocenters. The largest absolute Gasteiger partial charge is 0.370 e. The van der Waals surface area contributed by atoms with Crippen molar-refractivity contribution in [3.05, 3.63) is 35.9 Å². The molecule has 2 rings (SSSR count). The summed E-state index contributed by atoms with van der Waals surface area (Å²) in [5.41, 5.74) is 6.91. The van der Waals surface area contributed by atoms with Gasteiger partial charge >= 0.3 is 0 Å². The third-order valence-corrected chi connectivity index (χ3v) is 4.14. The molecule has 0 heterocycles. The van der Waals surface area contributed by atoms with E-state index in [0.717, 1.165) is 25.7 Å². The van der Waals surface area contributed by atoms with Gasteiger partial charge in [-0.2, -0.15) is 0 Å². The minimum Gasteiger partial charge on any atom is -0.370 e. The van der Waals surface area contributed by atoms with E-state index in [4.69, 9.17) is 10.5 Å². The Labute approximate surface area is 132 Å². The number of rotatable bonds is 5. The Hall–Kier alpha value is -1.10. The van der Waals surface area contributed by atoms with Gasteiger partial charge in [0.05, 0.1) is 0 Å². The number of hydrogen-bond acceptors (Lipinski definition) is 3. The maximum absolute atomic E-state index is 11.9. The number of benzene rings is 1. The van der Waals surface area contributed by atoms with Gasteiger partial charge in [-0.15, -0.1) is 12.4 Å². The average Bonchev–Trinajstić information content (AvgIpc) is 2.50. The molecule has 1 aliphatic carbocycles. The molecule has 0 aliphatic heterocycles. The number of methoxy groups -OCH3 is 1. The highest BCUT2D eigenvalue weighted by Gasteiger charge is 2.25. The van der Waals surface area contributed by atoms with Gasteiger partial charge in [-0.3, -0.25) is 4.79 Å². The van der Waals surface area contributed by atoms with Crippen LogP contribution in [0.1, 0.15) is 37.2 Å². The quantitative estimate of drug-likeness (QED) is 0.876. The van der Waals surface area contributed by atoms with Crippen LogP contribution in [0.2, 0.25) is 0 Å². The minimum atomic E-state index is -0.526. The van der Waals surface area contributed by atoms with E-state index in [2.05, 4.69) is 29.6 Å². The number of amides is 1. The molecule has 0 bridgehead atoms. The molecule has 1 aromatic carbocycles. The van der Waals surface area contributed by atoms with Gasteiger partial charge in [-0.05, 0) is 37.2 Å². The summed E-state index contributed by atoms with van der Waals surface area (Å²) in [5.74, 6) is 0.537. The summed E-state index contributed by atoms with van der Waals surface area (Å²) in [4.78, 5) is 11.9. The zero-order valence-electron chi connectivity index (χ0n) is 12.5. The molecule has 0 saturated heterocycles. The van der Waals surface area contributed by atoms with Gasteiger partial charge in [-0.1, -0.05) is 30.3 Å². The molecule has 1 aliphatic rings. The second-order valence-corrected chi connectivity index (χ2v) is 5.43. The van der Waals surface area contributed by atoms with Crippen LogP contribution in [0, 0.1) is 0 Å². The van der Waals surface area contributed by atoms with Crippen LogP contribution in [0.25, 0.3) is 0 Å². The first-order chi connectivity index (χ1) is 9.74. The van der Waals surface area contributed by atoms with Crippen molar-refractivity contribution in [2.75, 3.05) is 13.7 Å². The third-order valence-electron chi connectivity index (χ3n) is 4.14. The van der Waals surface area contributed by atoms with Crippen molar-refractivity contribution in [3.63, 3.8) is 0 Å². The molecule has 1 amide bonds. The fourth-order valence-electron chi connectivity index (χ4n) is 2.90. The van der Waals surface area contributed by atoms with E-state index < -0.39 is 6.10 Å². The minimum absolute atomic E-state index is 0. The zero-order chi connectivity index (χ0) is 14.4. The Kier molecular flexibility index (Phi) is 7.72. The summed E-state index contributed by atoms with van der Waals surface area (Å²) >= 11 is 0. The number of ether oxygens (including phenoxy) is 1. The van der Waals surface area contributed by atoms with Crippen molar-refractivity contribution in [2.45, 2.75) is 43.7 Å². The topological polar surface area (TPSA) is 64.3 Å². The summed E-state index contributed by atoms with van der Waals surface area (Å²) in [7, 11) is 1.52. The van der Waals surface area contributed by atoms with Crippen LogP contribution in [-0.4, -0.2) is 31.7 Å². The molecule has 5 heteroatoms. The second kappa shape index (κ2) is 9.03. The van der Waals surface area contributed by atoms with Crippen molar-refractivity contribution in [1.29, 1.82) is 0 Å². The van der Waals surface area contributed by atoms with Crippen LogP contribution in [0.15, 0.2) is 30.3 Å². The summed E-state index contributed by atoms with van der Waals surface area (Å²) < 4.78 is 5.06. The van der Waals surface area contributed by atoms with Gasteiger partial charge in [-0.25, -0.2) is 0 Å². The Morgan fingerprint density at radius 3 is 2.43 bits per heavy atom. The van der Waals surface area contributed by atoms with Crippen LogP contribution in [0.3, 0.4) is 0 Å². The molecule has 0 spiro atoms. The standard InChI is InChI=1S/C16H24N2O2.ClH/c1-20-15(11-17)16(19)18-14-9-7-13(8-10-14)12-5-3-2-4-6-12;/h2-6,13-15H,7-11,17H2,1H3,(H,18,19);1H. The first-order valence-corrected chi connectivity index (χ1v) is 7.32. The average molecular weight is 313 g/mol. The zero-order valence-corrected chi connectivity index (χ0v) is 13.3. The molecule has 1 fully saturated rings. The number of carbonyl (C=O) groups excluding carboxylic acids is 1. The van der Waals surface area contributed by atoms with Gasteiger partial charge in [0.15, 0.2) is 0 Å². The monoisotopic (exact) mass is 312 g/mol. The SMILES string of the molecule is COC(CN)C(=O)NC1CCC(c2ccccc2)CC1.Cl. The Balaban J connectivity index is 0.00000220. The Bertz CT molecular complexity index is 416. The van der Waals surface area contributed by atoms with E-state index in [1.165, 1.54) is 12.7 Å². The molecule has 21 heavy (non-hydrogen) atoms. The lowest BCUT2D eigenvalue weighted by Gasteiger charge is -2.30. The molecular formula is C16H25ClN2O2. The van der Waals surface area contributed by atoms with Crippen molar-refractivity contribution >= 4 is 18.3 Å². The van der Waals surface area contributed by atoms with Gasteiger partial charge < -0.3 is 15.8 Å². The molecule has 1 saturated carbocycles. The van der Waals surface area contributed by atoms with Crippen LogP contribution in [0.4, 0.5) is 0 Å². The smallest absolute Gasteiger partial charge is 0.250 e. The molecule has 0 aromatic heterocycles. The van der Waals surface area contributed by atoms with E-state index in [-0.39, 0.29) is 30.9 Å². The van der Waals surface area contributed by atoms with Gasteiger partial charge in [0, 0.05) is 19.7 Å². The predicted octanol–water partition coefficient (Wildman–Crippen LogP) is 2.22. The highest BCUT2D eigenvalue weighted by Crippen LogP contribution is 2.32. The first-order valence-electron chi connectivity index (χ1n) is 7.32. The lowest BCUT2D eigenvalue weighted by Crippen LogP contribution is -2.46. The summed E-state index contributed by atoms with van der Waals surface area (Å²) in [6.07, 6.45) is 3.75. The van der Waals surface area contributed by atoms with E-state index in [9.17, 15) is 4.79 Å². The summed E-state index contributed by atoms with van der Waals surface area (Å²) in [5, 5.41) is 3.05. The predicted molar refractivity (Wildman–Crippen MR) is 86.7 cm³/mol. The van der Waals surface area contributed by atoms with Gasteiger partial charge in [0.1, 0.15) is 6.10 Å². The lowest BCUT2D eigenvalue weighted by atomic mass is 9.82.